The predicted molar refractivity (Wildman–Crippen MR) is 87.2 cm³/mol. The van der Waals surface area contributed by atoms with Crippen molar-refractivity contribution in [2.75, 3.05) is 20.1 Å². The Morgan fingerprint density at radius 3 is 2.30 bits per heavy atom. The zero-order valence-electron chi connectivity index (χ0n) is 13.5. The third-order valence-corrected chi connectivity index (χ3v) is 4.82. The van der Waals surface area contributed by atoms with Gasteiger partial charge in [0.05, 0.1) is 0 Å². The molecule has 20 heavy (non-hydrogen) atoms. The van der Waals surface area contributed by atoms with Gasteiger partial charge < -0.3 is 5.32 Å². The number of nitrogens with one attached hydrogen (secondary N) is 1. The van der Waals surface area contributed by atoms with Crippen molar-refractivity contribution in [3.8, 4) is 0 Å². The molecule has 1 aliphatic heterocycles. The summed E-state index contributed by atoms with van der Waals surface area (Å²) in [5.74, 6) is 0.616. The molecule has 2 nitrogen and oxygen atoms in total. The van der Waals surface area contributed by atoms with Crippen molar-refractivity contribution in [2.24, 2.45) is 0 Å². The van der Waals surface area contributed by atoms with E-state index in [0.29, 0.717) is 18.0 Å². The predicted octanol–water partition coefficient (Wildman–Crippen LogP) is 3.94. The summed E-state index contributed by atoms with van der Waals surface area (Å²) in [6, 6.07) is 10.4. The second-order valence-corrected chi connectivity index (χ2v) is 6.50. The molecule has 0 radical (unpaired) electrons. The third-order valence-electron chi connectivity index (χ3n) is 4.82. The molecular weight excluding hydrogens is 244 g/mol. The molecule has 1 fully saturated rings. The quantitative estimate of drug-likeness (QED) is 0.894. The maximum absolute atomic E-state index is 3.50. The average molecular weight is 274 g/mol. The van der Waals surface area contributed by atoms with Gasteiger partial charge in [0.2, 0.25) is 0 Å². The summed E-state index contributed by atoms with van der Waals surface area (Å²) in [7, 11) is 2.29. The number of hydrogen-bond donors (Lipinski definition) is 1. The first-order valence-electron chi connectivity index (χ1n) is 8.12. The van der Waals surface area contributed by atoms with Crippen LogP contribution in [0.25, 0.3) is 0 Å². The van der Waals surface area contributed by atoms with E-state index in [1.165, 1.54) is 36.9 Å². The molecule has 112 valence electrons. The Labute approximate surface area is 124 Å². The molecule has 1 aliphatic rings. The molecule has 0 spiro atoms. The van der Waals surface area contributed by atoms with E-state index in [4.69, 9.17) is 0 Å². The van der Waals surface area contributed by atoms with Gasteiger partial charge in [-0.05, 0) is 63.4 Å². The molecule has 1 aromatic carbocycles. The largest absolute Gasteiger partial charge is 0.317 e. The van der Waals surface area contributed by atoms with Crippen molar-refractivity contribution in [1.82, 2.24) is 10.2 Å². The first-order chi connectivity index (χ1) is 9.59. The molecule has 1 saturated heterocycles. The highest BCUT2D eigenvalue weighted by atomic mass is 15.2. The lowest BCUT2D eigenvalue weighted by Gasteiger charge is -2.33. The van der Waals surface area contributed by atoms with Gasteiger partial charge in [0.25, 0.3) is 0 Å². The highest BCUT2D eigenvalue weighted by molar-refractivity contribution is 5.26. The molecule has 2 unspecified atom stereocenters. The molecule has 1 heterocycles. The van der Waals surface area contributed by atoms with E-state index in [1.54, 1.807) is 0 Å². The second-order valence-electron chi connectivity index (χ2n) is 6.50. The molecule has 0 bridgehead atoms. The molecular formula is C18H30N2. The summed E-state index contributed by atoms with van der Waals surface area (Å²) in [5.41, 5.74) is 2.87. The van der Waals surface area contributed by atoms with E-state index in [9.17, 15) is 0 Å². The third kappa shape index (κ3) is 3.83. The molecule has 0 amide bonds. The van der Waals surface area contributed by atoms with Crippen molar-refractivity contribution in [1.29, 1.82) is 0 Å². The Hall–Kier alpha value is -0.860. The Kier molecular flexibility index (Phi) is 5.62. The van der Waals surface area contributed by atoms with Crippen LogP contribution >= 0.6 is 0 Å². The smallest absolute Gasteiger partial charge is 0.0319 e. The van der Waals surface area contributed by atoms with Gasteiger partial charge in [0, 0.05) is 12.1 Å². The fourth-order valence-corrected chi connectivity index (χ4v) is 3.12. The molecule has 0 aromatic heterocycles. The maximum Gasteiger partial charge on any atom is 0.0319 e. The summed E-state index contributed by atoms with van der Waals surface area (Å²) in [6.07, 6.45) is 3.89. The Bertz CT molecular complexity index is 388. The number of rotatable bonds is 4. The van der Waals surface area contributed by atoms with Crippen molar-refractivity contribution in [3.63, 3.8) is 0 Å². The lowest BCUT2D eigenvalue weighted by molar-refractivity contribution is 0.171. The van der Waals surface area contributed by atoms with Gasteiger partial charge in [-0.15, -0.1) is 0 Å². The van der Waals surface area contributed by atoms with Crippen molar-refractivity contribution < 1.29 is 0 Å². The second kappa shape index (κ2) is 7.24. The van der Waals surface area contributed by atoms with E-state index in [-0.39, 0.29) is 0 Å². The van der Waals surface area contributed by atoms with Gasteiger partial charge in [-0.3, -0.25) is 4.90 Å². The molecule has 0 aliphatic carbocycles. The Morgan fingerprint density at radius 1 is 1.00 bits per heavy atom. The van der Waals surface area contributed by atoms with Crippen LogP contribution in [0, 0.1) is 0 Å². The number of hydrogen-bond acceptors (Lipinski definition) is 2. The van der Waals surface area contributed by atoms with E-state index >= 15 is 0 Å². The van der Waals surface area contributed by atoms with Crippen LogP contribution in [-0.2, 0) is 0 Å². The summed E-state index contributed by atoms with van der Waals surface area (Å²) < 4.78 is 0. The van der Waals surface area contributed by atoms with Crippen LogP contribution in [0.5, 0.6) is 0 Å². The van der Waals surface area contributed by atoms with Crippen LogP contribution in [-0.4, -0.2) is 31.1 Å². The van der Waals surface area contributed by atoms with Gasteiger partial charge in [-0.25, -0.2) is 0 Å². The van der Waals surface area contributed by atoms with Gasteiger partial charge in [0.1, 0.15) is 0 Å². The fourth-order valence-electron chi connectivity index (χ4n) is 3.12. The lowest BCUT2D eigenvalue weighted by atomic mass is 9.97. The van der Waals surface area contributed by atoms with Crippen molar-refractivity contribution in [2.45, 2.75) is 58.0 Å². The van der Waals surface area contributed by atoms with E-state index in [0.717, 1.165) is 6.54 Å². The van der Waals surface area contributed by atoms with E-state index < -0.39 is 0 Å². The van der Waals surface area contributed by atoms with Crippen molar-refractivity contribution in [3.05, 3.63) is 35.4 Å². The van der Waals surface area contributed by atoms with Crippen LogP contribution in [0.3, 0.4) is 0 Å². The highest BCUT2D eigenvalue weighted by Crippen LogP contribution is 2.26. The SMILES string of the molecule is CC(C)c1ccc(C(C)N(C)C2CCCNCC2)cc1. The van der Waals surface area contributed by atoms with E-state index in [1.807, 2.05) is 0 Å². The minimum absolute atomic E-state index is 0.499. The fraction of sp³-hybridized carbons (Fsp3) is 0.667. The van der Waals surface area contributed by atoms with Crippen LogP contribution in [0.1, 0.15) is 63.1 Å². The number of benzene rings is 1. The standard InChI is InChI=1S/C18H30N2/c1-14(2)16-7-9-17(10-8-16)15(3)20(4)18-6-5-12-19-13-11-18/h7-10,14-15,18-19H,5-6,11-13H2,1-4H3. The minimum Gasteiger partial charge on any atom is -0.317 e. The maximum atomic E-state index is 3.50. The van der Waals surface area contributed by atoms with Crippen LogP contribution in [0.2, 0.25) is 0 Å². The minimum atomic E-state index is 0.499. The summed E-state index contributed by atoms with van der Waals surface area (Å²) in [5, 5.41) is 3.50. The molecule has 2 rings (SSSR count). The summed E-state index contributed by atoms with van der Waals surface area (Å²) >= 11 is 0. The van der Waals surface area contributed by atoms with Crippen molar-refractivity contribution >= 4 is 0 Å². The highest BCUT2D eigenvalue weighted by Gasteiger charge is 2.21. The molecule has 2 heteroatoms. The topological polar surface area (TPSA) is 15.3 Å². The molecule has 1 N–H and O–H groups in total. The van der Waals surface area contributed by atoms with E-state index in [2.05, 4.69) is 62.3 Å². The number of nitrogens with zero attached hydrogens (tertiary/aromatic N) is 1. The van der Waals surface area contributed by atoms with Gasteiger partial charge in [-0.1, -0.05) is 38.1 Å². The summed E-state index contributed by atoms with van der Waals surface area (Å²) in [4.78, 5) is 2.57. The zero-order valence-corrected chi connectivity index (χ0v) is 13.5. The Balaban J connectivity index is 2.03. The van der Waals surface area contributed by atoms with Crippen LogP contribution < -0.4 is 5.32 Å². The summed E-state index contributed by atoms with van der Waals surface area (Å²) in [6.45, 7) is 9.19. The molecule has 2 atom stereocenters. The van der Waals surface area contributed by atoms with Gasteiger partial charge >= 0.3 is 0 Å². The molecule has 1 aromatic rings. The van der Waals surface area contributed by atoms with Crippen LogP contribution in [0.4, 0.5) is 0 Å². The zero-order chi connectivity index (χ0) is 14.5. The average Bonchev–Trinajstić information content (AvgIpc) is 2.75. The van der Waals surface area contributed by atoms with Gasteiger partial charge in [-0.2, -0.15) is 0 Å². The normalized spacial score (nSPS) is 22.0. The molecule has 0 saturated carbocycles. The monoisotopic (exact) mass is 274 g/mol. The first kappa shape index (κ1) is 15.5. The Morgan fingerprint density at radius 2 is 1.65 bits per heavy atom. The lowest BCUT2D eigenvalue weighted by Crippen LogP contribution is -2.34. The van der Waals surface area contributed by atoms with Gasteiger partial charge in [0.15, 0.2) is 0 Å². The van der Waals surface area contributed by atoms with Crippen LogP contribution in [0.15, 0.2) is 24.3 Å². The first-order valence-corrected chi connectivity index (χ1v) is 8.12.